The van der Waals surface area contributed by atoms with Crippen LogP contribution >= 0.6 is 0 Å². The number of rotatable bonds is 1. The Labute approximate surface area is 48.8 Å². The molecule has 0 saturated heterocycles. The van der Waals surface area contributed by atoms with E-state index in [9.17, 15) is 0 Å². The molecule has 0 aromatic heterocycles. The minimum atomic E-state index is 0.159. The van der Waals surface area contributed by atoms with Gasteiger partial charge in [-0.05, 0) is 12.5 Å². The molecular formula is C6H10O2. The molecule has 1 N–H and O–H groups in total. The van der Waals surface area contributed by atoms with E-state index in [4.69, 9.17) is 9.84 Å². The molecule has 0 aliphatic carbocycles. The van der Waals surface area contributed by atoms with E-state index in [1.807, 2.05) is 6.92 Å². The monoisotopic (exact) mass is 114 g/mol. The van der Waals surface area contributed by atoms with Crippen LogP contribution in [-0.2, 0) is 4.74 Å². The second-order valence-electron chi connectivity index (χ2n) is 1.92. The molecule has 0 unspecified atom stereocenters. The maximum Gasteiger partial charge on any atom is 0.0945 e. The topological polar surface area (TPSA) is 29.5 Å². The highest BCUT2D eigenvalue weighted by molar-refractivity contribution is 5.10. The molecule has 0 radical (unpaired) electrons. The van der Waals surface area contributed by atoms with Crippen LogP contribution in [-0.4, -0.2) is 18.3 Å². The lowest BCUT2D eigenvalue weighted by atomic mass is 10.2. The van der Waals surface area contributed by atoms with Gasteiger partial charge in [0.15, 0.2) is 0 Å². The van der Waals surface area contributed by atoms with Crippen LogP contribution < -0.4 is 0 Å². The third-order valence-corrected chi connectivity index (χ3v) is 1.41. The first kappa shape index (κ1) is 5.63. The molecule has 2 nitrogen and oxygen atoms in total. The summed E-state index contributed by atoms with van der Waals surface area (Å²) in [7, 11) is 0. The highest BCUT2D eigenvalue weighted by Crippen LogP contribution is 2.16. The van der Waals surface area contributed by atoms with Gasteiger partial charge in [0.1, 0.15) is 0 Å². The summed E-state index contributed by atoms with van der Waals surface area (Å²) in [5, 5.41) is 8.60. The lowest BCUT2D eigenvalue weighted by Gasteiger charge is -1.93. The average molecular weight is 114 g/mol. The van der Waals surface area contributed by atoms with Gasteiger partial charge in [0, 0.05) is 6.42 Å². The normalized spacial score (nSPS) is 19.2. The molecule has 0 amide bonds. The molecule has 0 spiro atoms. The van der Waals surface area contributed by atoms with Gasteiger partial charge in [0.05, 0.1) is 19.0 Å². The van der Waals surface area contributed by atoms with Crippen LogP contribution in [0.3, 0.4) is 0 Å². The molecule has 1 aliphatic heterocycles. The van der Waals surface area contributed by atoms with Crippen LogP contribution in [0.2, 0.25) is 0 Å². The zero-order valence-corrected chi connectivity index (χ0v) is 4.98. The van der Waals surface area contributed by atoms with Gasteiger partial charge in [-0.2, -0.15) is 0 Å². The molecule has 0 saturated carbocycles. The van der Waals surface area contributed by atoms with Gasteiger partial charge in [0.25, 0.3) is 0 Å². The van der Waals surface area contributed by atoms with E-state index in [0.29, 0.717) is 0 Å². The summed E-state index contributed by atoms with van der Waals surface area (Å²) in [4.78, 5) is 0. The van der Waals surface area contributed by atoms with Crippen molar-refractivity contribution in [3.8, 4) is 0 Å². The van der Waals surface area contributed by atoms with Gasteiger partial charge in [-0.25, -0.2) is 0 Å². The Kier molecular flexibility index (Phi) is 1.53. The van der Waals surface area contributed by atoms with E-state index in [0.717, 1.165) is 24.4 Å². The fourth-order valence-electron chi connectivity index (χ4n) is 0.796. The van der Waals surface area contributed by atoms with Crippen LogP contribution in [0.5, 0.6) is 0 Å². The molecule has 0 aromatic rings. The van der Waals surface area contributed by atoms with Crippen LogP contribution in [0.4, 0.5) is 0 Å². The van der Waals surface area contributed by atoms with E-state index < -0.39 is 0 Å². The fraction of sp³-hybridized carbons (Fsp3) is 0.667. The molecular weight excluding hydrogens is 104 g/mol. The maximum atomic E-state index is 8.60. The van der Waals surface area contributed by atoms with Crippen molar-refractivity contribution in [2.75, 3.05) is 13.2 Å². The first-order chi connectivity index (χ1) is 3.84. The fourth-order valence-corrected chi connectivity index (χ4v) is 0.796. The van der Waals surface area contributed by atoms with Crippen molar-refractivity contribution in [1.29, 1.82) is 0 Å². The zero-order chi connectivity index (χ0) is 5.98. The van der Waals surface area contributed by atoms with Crippen molar-refractivity contribution in [2.45, 2.75) is 13.3 Å². The van der Waals surface area contributed by atoms with E-state index in [-0.39, 0.29) is 6.61 Å². The van der Waals surface area contributed by atoms with Crippen molar-refractivity contribution < 1.29 is 9.84 Å². The average Bonchev–Trinajstić information content (AvgIpc) is 2.14. The van der Waals surface area contributed by atoms with Crippen molar-refractivity contribution in [2.24, 2.45) is 0 Å². The standard InChI is InChI=1S/C6H10O2/c1-5-6(4-7)2-3-8-5/h7H,2-4H2,1H3. The number of aliphatic hydroxyl groups excluding tert-OH is 1. The van der Waals surface area contributed by atoms with Crippen LogP contribution in [0.25, 0.3) is 0 Å². The van der Waals surface area contributed by atoms with Crippen molar-refractivity contribution in [1.82, 2.24) is 0 Å². The lowest BCUT2D eigenvalue weighted by molar-refractivity contribution is 0.246. The summed E-state index contributed by atoms with van der Waals surface area (Å²) in [5.41, 5.74) is 1.05. The summed E-state index contributed by atoms with van der Waals surface area (Å²) in [5.74, 6) is 0.910. The predicted octanol–water partition coefficient (Wildman–Crippen LogP) is 0.673. The second kappa shape index (κ2) is 2.18. The third-order valence-electron chi connectivity index (χ3n) is 1.41. The minimum absolute atomic E-state index is 0.159. The molecule has 1 rings (SSSR count). The maximum absolute atomic E-state index is 8.60. The van der Waals surface area contributed by atoms with Gasteiger partial charge in [-0.15, -0.1) is 0 Å². The second-order valence-corrected chi connectivity index (χ2v) is 1.92. The van der Waals surface area contributed by atoms with Gasteiger partial charge < -0.3 is 9.84 Å². The molecule has 2 heteroatoms. The highest BCUT2D eigenvalue weighted by atomic mass is 16.5. The van der Waals surface area contributed by atoms with Crippen LogP contribution in [0.1, 0.15) is 13.3 Å². The van der Waals surface area contributed by atoms with Gasteiger partial charge in [0.2, 0.25) is 0 Å². The molecule has 1 heterocycles. The largest absolute Gasteiger partial charge is 0.498 e. The molecule has 0 fully saturated rings. The van der Waals surface area contributed by atoms with Crippen molar-refractivity contribution in [3.63, 3.8) is 0 Å². The number of hydrogen-bond acceptors (Lipinski definition) is 2. The van der Waals surface area contributed by atoms with Gasteiger partial charge in [-0.3, -0.25) is 0 Å². The number of aliphatic hydroxyl groups is 1. The van der Waals surface area contributed by atoms with E-state index in [1.165, 1.54) is 0 Å². The predicted molar refractivity (Wildman–Crippen MR) is 30.4 cm³/mol. The van der Waals surface area contributed by atoms with Gasteiger partial charge in [-0.1, -0.05) is 0 Å². The smallest absolute Gasteiger partial charge is 0.0945 e. The first-order valence-electron chi connectivity index (χ1n) is 2.77. The van der Waals surface area contributed by atoms with Crippen LogP contribution in [0.15, 0.2) is 11.3 Å². The molecule has 0 bridgehead atoms. The summed E-state index contributed by atoms with van der Waals surface area (Å²) >= 11 is 0. The van der Waals surface area contributed by atoms with E-state index in [1.54, 1.807) is 0 Å². The Morgan fingerprint density at radius 1 is 1.75 bits per heavy atom. The van der Waals surface area contributed by atoms with E-state index >= 15 is 0 Å². The van der Waals surface area contributed by atoms with Crippen LogP contribution in [0, 0.1) is 0 Å². The SMILES string of the molecule is CC1=C(CO)CCO1. The molecule has 0 atom stereocenters. The summed E-state index contributed by atoms with van der Waals surface area (Å²) in [6.07, 6.45) is 0.905. The molecule has 46 valence electrons. The summed E-state index contributed by atoms with van der Waals surface area (Å²) < 4.78 is 5.08. The van der Waals surface area contributed by atoms with E-state index in [2.05, 4.69) is 0 Å². The Balaban J connectivity index is 2.58. The van der Waals surface area contributed by atoms with Crippen molar-refractivity contribution >= 4 is 0 Å². The summed E-state index contributed by atoms with van der Waals surface area (Å²) in [6, 6.07) is 0. The van der Waals surface area contributed by atoms with Gasteiger partial charge >= 0.3 is 0 Å². The Bertz CT molecular complexity index is 116. The Morgan fingerprint density at radius 3 is 2.75 bits per heavy atom. The van der Waals surface area contributed by atoms with Crippen molar-refractivity contribution in [3.05, 3.63) is 11.3 Å². The minimum Gasteiger partial charge on any atom is -0.498 e. The quantitative estimate of drug-likeness (QED) is 0.543. The first-order valence-corrected chi connectivity index (χ1v) is 2.77. The summed E-state index contributed by atoms with van der Waals surface area (Å²) in [6.45, 7) is 2.80. The Morgan fingerprint density at radius 2 is 2.50 bits per heavy atom. The molecule has 8 heavy (non-hydrogen) atoms. The Hall–Kier alpha value is -0.500. The number of hydrogen-bond donors (Lipinski definition) is 1. The zero-order valence-electron chi connectivity index (χ0n) is 4.98. The number of ether oxygens (including phenoxy) is 1. The third kappa shape index (κ3) is 0.842. The molecule has 1 aliphatic rings. The lowest BCUT2D eigenvalue weighted by Crippen LogP contribution is -1.86. The highest BCUT2D eigenvalue weighted by Gasteiger charge is 2.09. The number of allylic oxidation sites excluding steroid dienone is 1. The molecule has 0 aromatic carbocycles.